The van der Waals surface area contributed by atoms with Gasteiger partial charge in [-0.15, -0.1) is 0 Å². The quantitative estimate of drug-likeness (QED) is 0.753. The van der Waals surface area contributed by atoms with Crippen molar-refractivity contribution in [3.63, 3.8) is 0 Å². The van der Waals surface area contributed by atoms with E-state index >= 15 is 0 Å². The third-order valence-electron chi connectivity index (χ3n) is 3.19. The third-order valence-corrected chi connectivity index (χ3v) is 3.19. The molecule has 0 radical (unpaired) electrons. The molecule has 1 N–H and O–H groups in total. The Kier molecular flexibility index (Phi) is 2.87. The Morgan fingerprint density at radius 2 is 1.86 bits per heavy atom. The summed E-state index contributed by atoms with van der Waals surface area (Å²) < 4.78 is 0. The van der Waals surface area contributed by atoms with Crippen molar-refractivity contribution in [2.75, 3.05) is 0 Å². The molecule has 1 aromatic carbocycles. The van der Waals surface area contributed by atoms with E-state index in [4.69, 9.17) is 0 Å². The fourth-order valence-corrected chi connectivity index (χ4v) is 2.25. The van der Waals surface area contributed by atoms with Gasteiger partial charge in [0.05, 0.1) is 0 Å². The predicted molar refractivity (Wildman–Crippen MR) is 60.2 cm³/mol. The molecule has 1 unspecified atom stereocenters. The van der Waals surface area contributed by atoms with E-state index in [0.717, 1.165) is 5.92 Å². The van der Waals surface area contributed by atoms with Crippen molar-refractivity contribution in [1.29, 1.82) is 0 Å². The average Bonchev–Trinajstić information content (AvgIpc) is 2.68. The molecule has 2 atom stereocenters. The van der Waals surface area contributed by atoms with Crippen LogP contribution in [0.4, 0.5) is 0 Å². The van der Waals surface area contributed by atoms with E-state index in [1.54, 1.807) is 0 Å². The highest BCUT2D eigenvalue weighted by Gasteiger charge is 2.26. The van der Waals surface area contributed by atoms with Gasteiger partial charge in [-0.2, -0.15) is 0 Å². The van der Waals surface area contributed by atoms with Gasteiger partial charge in [-0.3, -0.25) is 0 Å². The summed E-state index contributed by atoms with van der Waals surface area (Å²) in [6.45, 7) is 4.59. The molecule has 0 amide bonds. The van der Waals surface area contributed by atoms with Gasteiger partial charge in [0.2, 0.25) is 0 Å². The Bertz CT molecular complexity index is 279. The summed E-state index contributed by atoms with van der Waals surface area (Å²) in [6.07, 6.45) is 2.60. The van der Waals surface area contributed by atoms with Crippen LogP contribution in [0.5, 0.6) is 0 Å². The zero-order valence-corrected chi connectivity index (χ0v) is 9.03. The second-order valence-corrected chi connectivity index (χ2v) is 4.56. The Morgan fingerprint density at radius 1 is 1.14 bits per heavy atom. The van der Waals surface area contributed by atoms with Gasteiger partial charge >= 0.3 is 0 Å². The van der Waals surface area contributed by atoms with Crippen LogP contribution in [0.15, 0.2) is 30.3 Å². The fraction of sp³-hybridized carbons (Fsp3) is 0.538. The molecule has 76 valence electrons. The molecule has 1 aromatic rings. The van der Waals surface area contributed by atoms with E-state index in [2.05, 4.69) is 49.5 Å². The summed E-state index contributed by atoms with van der Waals surface area (Å²) in [5.41, 5.74) is 1.44. The van der Waals surface area contributed by atoms with Crippen LogP contribution in [0.1, 0.15) is 38.3 Å². The van der Waals surface area contributed by atoms with E-state index in [1.807, 2.05) is 0 Å². The molecule has 0 bridgehead atoms. The van der Waals surface area contributed by atoms with E-state index in [0.29, 0.717) is 12.1 Å². The topological polar surface area (TPSA) is 12.0 Å². The summed E-state index contributed by atoms with van der Waals surface area (Å²) in [5, 5.41) is 3.71. The zero-order chi connectivity index (χ0) is 9.97. The number of hydrogen-bond acceptors (Lipinski definition) is 1. The van der Waals surface area contributed by atoms with Crippen LogP contribution in [-0.4, -0.2) is 6.04 Å². The van der Waals surface area contributed by atoms with Gasteiger partial charge in [-0.25, -0.2) is 0 Å². The van der Waals surface area contributed by atoms with Gasteiger partial charge in [-0.05, 0) is 24.3 Å². The maximum atomic E-state index is 3.71. The first-order valence-corrected chi connectivity index (χ1v) is 5.58. The largest absolute Gasteiger partial charge is 0.307 e. The first kappa shape index (κ1) is 9.72. The minimum atomic E-state index is 0.587. The van der Waals surface area contributed by atoms with Crippen molar-refractivity contribution in [1.82, 2.24) is 5.32 Å². The van der Waals surface area contributed by atoms with Gasteiger partial charge in [0.15, 0.2) is 0 Å². The molecule has 1 fully saturated rings. The molecule has 1 nitrogen and oxygen atoms in total. The molecule has 1 saturated heterocycles. The lowest BCUT2D eigenvalue weighted by molar-refractivity contribution is 0.432. The molecule has 14 heavy (non-hydrogen) atoms. The highest BCUT2D eigenvalue weighted by Crippen LogP contribution is 2.28. The van der Waals surface area contributed by atoms with Crippen molar-refractivity contribution in [2.45, 2.75) is 38.8 Å². The molecule has 0 aromatic heterocycles. The van der Waals surface area contributed by atoms with Crippen LogP contribution in [0.2, 0.25) is 0 Å². The summed E-state index contributed by atoms with van der Waals surface area (Å²) in [5.74, 6) is 0.753. The number of benzene rings is 1. The Morgan fingerprint density at radius 3 is 2.43 bits per heavy atom. The van der Waals surface area contributed by atoms with Gasteiger partial charge in [0.25, 0.3) is 0 Å². The van der Waals surface area contributed by atoms with Gasteiger partial charge < -0.3 is 5.32 Å². The van der Waals surface area contributed by atoms with E-state index in [9.17, 15) is 0 Å². The minimum Gasteiger partial charge on any atom is -0.307 e. The molecular weight excluding hydrogens is 170 g/mol. The van der Waals surface area contributed by atoms with Crippen molar-refractivity contribution in [2.24, 2.45) is 5.92 Å². The second-order valence-electron chi connectivity index (χ2n) is 4.56. The summed E-state index contributed by atoms with van der Waals surface area (Å²) in [7, 11) is 0. The molecule has 1 heterocycles. The van der Waals surface area contributed by atoms with Crippen LogP contribution in [0.3, 0.4) is 0 Å². The van der Waals surface area contributed by atoms with Crippen molar-refractivity contribution >= 4 is 0 Å². The molecule has 2 rings (SSSR count). The SMILES string of the molecule is CC(C)[C@H]1CCC(c2ccccc2)N1. The monoisotopic (exact) mass is 189 g/mol. The smallest absolute Gasteiger partial charge is 0.0323 e. The van der Waals surface area contributed by atoms with E-state index < -0.39 is 0 Å². The van der Waals surface area contributed by atoms with Crippen molar-refractivity contribution < 1.29 is 0 Å². The Labute approximate surface area is 86.5 Å². The molecule has 0 saturated carbocycles. The first-order valence-electron chi connectivity index (χ1n) is 5.58. The molecular formula is C13H19N. The maximum absolute atomic E-state index is 3.71. The fourth-order valence-electron chi connectivity index (χ4n) is 2.25. The highest BCUT2D eigenvalue weighted by atomic mass is 15.0. The van der Waals surface area contributed by atoms with Crippen LogP contribution < -0.4 is 5.32 Å². The lowest BCUT2D eigenvalue weighted by Gasteiger charge is -2.17. The van der Waals surface area contributed by atoms with Gasteiger partial charge in [0, 0.05) is 12.1 Å². The van der Waals surface area contributed by atoms with E-state index in [1.165, 1.54) is 18.4 Å². The standard InChI is InChI=1S/C13H19N/c1-10(2)12-8-9-13(14-12)11-6-4-3-5-7-11/h3-7,10,12-14H,8-9H2,1-2H3/t12-,13?/m1/s1. The van der Waals surface area contributed by atoms with Gasteiger partial charge in [-0.1, -0.05) is 44.2 Å². The Balaban J connectivity index is 2.03. The summed E-state index contributed by atoms with van der Waals surface area (Å²) in [4.78, 5) is 0. The summed E-state index contributed by atoms with van der Waals surface area (Å²) in [6, 6.07) is 12.1. The third kappa shape index (κ3) is 1.98. The number of rotatable bonds is 2. The normalized spacial score (nSPS) is 27.1. The van der Waals surface area contributed by atoms with Crippen LogP contribution >= 0.6 is 0 Å². The maximum Gasteiger partial charge on any atom is 0.0323 e. The first-order chi connectivity index (χ1) is 6.77. The molecule has 0 spiro atoms. The lowest BCUT2D eigenvalue weighted by Crippen LogP contribution is -2.28. The molecule has 0 aliphatic carbocycles. The number of nitrogens with one attached hydrogen (secondary N) is 1. The highest BCUT2D eigenvalue weighted by molar-refractivity contribution is 5.20. The lowest BCUT2D eigenvalue weighted by atomic mass is 10.0. The second kappa shape index (κ2) is 4.14. The van der Waals surface area contributed by atoms with Gasteiger partial charge in [0.1, 0.15) is 0 Å². The van der Waals surface area contributed by atoms with E-state index in [-0.39, 0.29) is 0 Å². The van der Waals surface area contributed by atoms with Crippen molar-refractivity contribution in [3.05, 3.63) is 35.9 Å². The van der Waals surface area contributed by atoms with Crippen LogP contribution in [-0.2, 0) is 0 Å². The molecule has 1 aliphatic rings. The van der Waals surface area contributed by atoms with Crippen LogP contribution in [0, 0.1) is 5.92 Å². The minimum absolute atomic E-state index is 0.587. The predicted octanol–water partition coefficient (Wildman–Crippen LogP) is 3.14. The number of hydrogen-bond donors (Lipinski definition) is 1. The summed E-state index contributed by atoms with van der Waals surface area (Å²) >= 11 is 0. The Hall–Kier alpha value is -0.820. The van der Waals surface area contributed by atoms with Crippen LogP contribution in [0.25, 0.3) is 0 Å². The zero-order valence-electron chi connectivity index (χ0n) is 9.03. The van der Waals surface area contributed by atoms with Crippen molar-refractivity contribution in [3.8, 4) is 0 Å². The molecule has 1 heteroatoms. The molecule has 1 aliphatic heterocycles. The average molecular weight is 189 g/mol.